The molecule has 0 amide bonds. The Kier molecular flexibility index (Phi) is 7.96. The van der Waals surface area contributed by atoms with Crippen molar-refractivity contribution in [1.29, 1.82) is 0 Å². The van der Waals surface area contributed by atoms with E-state index in [0.29, 0.717) is 0 Å². The van der Waals surface area contributed by atoms with E-state index < -0.39 is 0 Å². The Morgan fingerprint density at radius 1 is 1.09 bits per heavy atom. The molecular formula is C9H21NO. The summed E-state index contributed by atoms with van der Waals surface area (Å²) in [5.74, 6) is 0. The van der Waals surface area contributed by atoms with Gasteiger partial charge in [0, 0.05) is 13.2 Å². The first kappa shape index (κ1) is 10.9. The van der Waals surface area contributed by atoms with E-state index in [9.17, 15) is 0 Å². The fraction of sp³-hybridized carbons (Fsp3) is 1.00. The minimum absolute atomic E-state index is 0.872. The van der Waals surface area contributed by atoms with Crippen LogP contribution < -0.4 is 0 Å². The lowest BCUT2D eigenvalue weighted by Crippen LogP contribution is -2.18. The molecule has 0 aliphatic carbocycles. The van der Waals surface area contributed by atoms with Crippen LogP contribution in [0.15, 0.2) is 0 Å². The third-order valence-corrected chi connectivity index (χ3v) is 1.58. The van der Waals surface area contributed by atoms with Crippen LogP contribution in [0.4, 0.5) is 0 Å². The Morgan fingerprint density at radius 3 is 2.36 bits per heavy atom. The van der Waals surface area contributed by atoms with E-state index in [1.54, 1.807) is 0 Å². The number of rotatable bonds is 7. The number of hydrogen-bond acceptors (Lipinski definition) is 2. The average molecular weight is 159 g/mol. The van der Waals surface area contributed by atoms with Crippen LogP contribution in [-0.2, 0) is 4.74 Å². The summed E-state index contributed by atoms with van der Waals surface area (Å²) < 4.78 is 5.40. The minimum atomic E-state index is 0.872. The van der Waals surface area contributed by atoms with Crippen LogP contribution in [0.1, 0.15) is 26.2 Å². The number of nitrogens with zero attached hydrogens (tertiary/aromatic N) is 1. The van der Waals surface area contributed by atoms with Crippen molar-refractivity contribution < 1.29 is 4.74 Å². The fourth-order valence-corrected chi connectivity index (χ4v) is 0.803. The molecule has 0 atom stereocenters. The average Bonchev–Trinajstić information content (AvgIpc) is 1.96. The Labute approximate surface area is 70.5 Å². The maximum atomic E-state index is 5.40. The smallest absolute Gasteiger partial charge is 0.0593 e. The van der Waals surface area contributed by atoms with Crippen LogP contribution in [0.3, 0.4) is 0 Å². The van der Waals surface area contributed by atoms with Crippen molar-refractivity contribution in [3.05, 3.63) is 0 Å². The van der Waals surface area contributed by atoms with Gasteiger partial charge in [0.2, 0.25) is 0 Å². The molecule has 0 saturated carbocycles. The highest BCUT2D eigenvalue weighted by atomic mass is 16.5. The minimum Gasteiger partial charge on any atom is -0.380 e. The molecule has 0 aliphatic rings. The van der Waals surface area contributed by atoms with Crippen molar-refractivity contribution in [2.24, 2.45) is 0 Å². The molecule has 11 heavy (non-hydrogen) atoms. The van der Waals surface area contributed by atoms with Gasteiger partial charge in [0.25, 0.3) is 0 Å². The summed E-state index contributed by atoms with van der Waals surface area (Å²) in [7, 11) is 4.13. The Balaban J connectivity index is 2.80. The molecule has 0 aliphatic heterocycles. The predicted octanol–water partition coefficient (Wildman–Crippen LogP) is 1.75. The zero-order valence-electron chi connectivity index (χ0n) is 8.10. The van der Waals surface area contributed by atoms with Crippen LogP contribution in [-0.4, -0.2) is 38.8 Å². The summed E-state index contributed by atoms with van der Waals surface area (Å²) in [6.07, 6.45) is 3.78. The zero-order valence-corrected chi connectivity index (χ0v) is 8.10. The molecule has 0 rings (SSSR count). The number of likely N-dealkylation sites (N-methyl/N-ethyl adjacent to an activating group) is 1. The molecule has 0 aromatic carbocycles. The first-order valence-corrected chi connectivity index (χ1v) is 4.50. The normalized spacial score (nSPS) is 10.9. The van der Waals surface area contributed by atoms with Crippen molar-refractivity contribution in [2.75, 3.05) is 33.9 Å². The van der Waals surface area contributed by atoms with E-state index in [2.05, 4.69) is 25.9 Å². The van der Waals surface area contributed by atoms with Gasteiger partial charge in [-0.3, -0.25) is 0 Å². The van der Waals surface area contributed by atoms with E-state index in [-0.39, 0.29) is 0 Å². The van der Waals surface area contributed by atoms with Gasteiger partial charge in [0.1, 0.15) is 0 Å². The maximum Gasteiger partial charge on any atom is 0.0593 e. The molecule has 0 heterocycles. The summed E-state index contributed by atoms with van der Waals surface area (Å²) >= 11 is 0. The second-order valence-electron chi connectivity index (χ2n) is 3.12. The van der Waals surface area contributed by atoms with E-state index in [0.717, 1.165) is 19.8 Å². The Bertz CT molecular complexity index is 74.0. The molecule has 0 fully saturated rings. The van der Waals surface area contributed by atoms with Gasteiger partial charge in [-0.05, 0) is 20.5 Å². The topological polar surface area (TPSA) is 12.5 Å². The van der Waals surface area contributed by atoms with Crippen molar-refractivity contribution in [3.63, 3.8) is 0 Å². The molecule has 0 aromatic heterocycles. The highest BCUT2D eigenvalue weighted by Gasteiger charge is 1.90. The lowest BCUT2D eigenvalue weighted by atomic mass is 10.3. The molecule has 2 heteroatoms. The van der Waals surface area contributed by atoms with Gasteiger partial charge < -0.3 is 9.64 Å². The van der Waals surface area contributed by atoms with Gasteiger partial charge in [-0.25, -0.2) is 0 Å². The first-order chi connectivity index (χ1) is 5.27. The molecule has 0 unspecified atom stereocenters. The highest BCUT2D eigenvalue weighted by Crippen LogP contribution is 1.93. The third-order valence-electron chi connectivity index (χ3n) is 1.58. The molecule has 0 N–H and O–H groups in total. The molecule has 0 spiro atoms. The standard InChI is InChI=1S/C9H21NO/c1-4-5-6-8-11-9-7-10(2)3/h4-9H2,1-3H3. The largest absolute Gasteiger partial charge is 0.380 e. The van der Waals surface area contributed by atoms with Crippen LogP contribution in [0.2, 0.25) is 0 Å². The predicted molar refractivity (Wildman–Crippen MR) is 48.9 cm³/mol. The molecule has 0 bridgehead atoms. The summed E-state index contributed by atoms with van der Waals surface area (Å²) in [4.78, 5) is 2.14. The monoisotopic (exact) mass is 159 g/mol. The van der Waals surface area contributed by atoms with Crippen molar-refractivity contribution in [3.8, 4) is 0 Å². The van der Waals surface area contributed by atoms with Gasteiger partial charge in [-0.15, -0.1) is 0 Å². The lowest BCUT2D eigenvalue weighted by Gasteiger charge is -2.09. The first-order valence-electron chi connectivity index (χ1n) is 4.50. The fourth-order valence-electron chi connectivity index (χ4n) is 0.803. The van der Waals surface area contributed by atoms with E-state index in [1.807, 2.05) is 0 Å². The Hall–Kier alpha value is -0.0800. The molecule has 2 nitrogen and oxygen atoms in total. The van der Waals surface area contributed by atoms with Crippen molar-refractivity contribution in [1.82, 2.24) is 4.90 Å². The van der Waals surface area contributed by atoms with E-state index >= 15 is 0 Å². The van der Waals surface area contributed by atoms with Gasteiger partial charge in [-0.2, -0.15) is 0 Å². The number of unbranched alkanes of at least 4 members (excludes halogenated alkanes) is 2. The molecular weight excluding hydrogens is 138 g/mol. The molecule has 0 saturated heterocycles. The quantitative estimate of drug-likeness (QED) is 0.525. The SMILES string of the molecule is CCCCCOCCN(C)C. The molecule has 68 valence electrons. The van der Waals surface area contributed by atoms with Crippen LogP contribution in [0.25, 0.3) is 0 Å². The maximum absolute atomic E-state index is 5.40. The van der Waals surface area contributed by atoms with Gasteiger partial charge in [0.15, 0.2) is 0 Å². The van der Waals surface area contributed by atoms with Crippen LogP contribution in [0.5, 0.6) is 0 Å². The van der Waals surface area contributed by atoms with Crippen molar-refractivity contribution >= 4 is 0 Å². The summed E-state index contributed by atoms with van der Waals surface area (Å²) in [5, 5.41) is 0. The highest BCUT2D eigenvalue weighted by molar-refractivity contribution is 4.41. The number of hydrogen-bond donors (Lipinski definition) is 0. The molecule has 0 radical (unpaired) electrons. The van der Waals surface area contributed by atoms with E-state index in [4.69, 9.17) is 4.74 Å². The molecule has 0 aromatic rings. The van der Waals surface area contributed by atoms with Crippen LogP contribution >= 0.6 is 0 Å². The Morgan fingerprint density at radius 2 is 1.82 bits per heavy atom. The summed E-state index contributed by atoms with van der Waals surface area (Å²) in [6, 6.07) is 0. The third kappa shape index (κ3) is 9.92. The lowest BCUT2D eigenvalue weighted by molar-refractivity contribution is 0.114. The number of ether oxygens (including phenoxy) is 1. The summed E-state index contributed by atoms with van der Waals surface area (Å²) in [5.41, 5.74) is 0. The van der Waals surface area contributed by atoms with Gasteiger partial charge in [0.05, 0.1) is 6.61 Å². The van der Waals surface area contributed by atoms with Gasteiger partial charge >= 0.3 is 0 Å². The van der Waals surface area contributed by atoms with Gasteiger partial charge in [-0.1, -0.05) is 19.8 Å². The zero-order chi connectivity index (χ0) is 8.53. The second kappa shape index (κ2) is 8.02. The second-order valence-corrected chi connectivity index (χ2v) is 3.12. The van der Waals surface area contributed by atoms with Crippen LogP contribution in [0, 0.1) is 0 Å². The van der Waals surface area contributed by atoms with Crippen molar-refractivity contribution in [2.45, 2.75) is 26.2 Å². The van der Waals surface area contributed by atoms with E-state index in [1.165, 1.54) is 19.3 Å². The summed E-state index contributed by atoms with van der Waals surface area (Å²) in [6.45, 7) is 5.05.